The Morgan fingerprint density at radius 3 is 1.31 bits per heavy atom. The van der Waals surface area contributed by atoms with Crippen molar-refractivity contribution < 1.29 is 0 Å². The van der Waals surface area contributed by atoms with Crippen LogP contribution in [0.15, 0.2) is 297 Å². The summed E-state index contributed by atoms with van der Waals surface area (Å²) in [6.45, 7) is 0. The van der Waals surface area contributed by atoms with Crippen molar-refractivity contribution in [3.05, 3.63) is 297 Å². The largest absolute Gasteiger partial charge is 0.308 e. The van der Waals surface area contributed by atoms with Crippen molar-refractivity contribution in [2.24, 2.45) is 0 Å². The molecule has 0 aliphatic carbocycles. The number of fused-ring (bicyclic) bond motifs is 6. The lowest BCUT2D eigenvalue weighted by Gasteiger charge is -2.36. The topological polar surface area (TPSA) is 4.93 Å². The molecule has 14 rings (SSSR count). The molecule has 352 valence electrons. The Balaban J connectivity index is 1.10. The van der Waals surface area contributed by atoms with Gasteiger partial charge in [0, 0.05) is 42.1 Å². The van der Waals surface area contributed by atoms with Gasteiger partial charge in [0.1, 0.15) is 0 Å². The minimum absolute atomic E-state index is 1.16. The average molecular weight is 988 g/mol. The minimum atomic E-state index is -3.26. The van der Waals surface area contributed by atoms with Crippen LogP contribution in [0.1, 0.15) is 0 Å². The van der Waals surface area contributed by atoms with Gasteiger partial charge in [0.05, 0.1) is 16.7 Å². The molecule has 0 spiro atoms. The molecule has 0 saturated heterocycles. The van der Waals surface area contributed by atoms with E-state index in [9.17, 15) is 0 Å². The average Bonchev–Trinajstić information content (AvgIpc) is 4.05. The van der Waals surface area contributed by atoms with E-state index >= 15 is 0 Å². The van der Waals surface area contributed by atoms with Crippen LogP contribution in [0.5, 0.6) is 0 Å². The molecule has 0 radical (unpaired) electrons. The van der Waals surface area contributed by atoms with E-state index < -0.39 is 8.07 Å². The van der Waals surface area contributed by atoms with Gasteiger partial charge >= 0.3 is 0 Å². The molecule has 0 aliphatic heterocycles. The number of aromatic nitrogens is 1. The molecule has 0 bridgehead atoms. The number of benzene rings is 12. The monoisotopic (exact) mass is 987 g/mol. The first kappa shape index (κ1) is 44.6. The minimum Gasteiger partial charge on any atom is -0.308 e. The first-order valence-electron chi connectivity index (χ1n) is 25.8. The molecule has 0 atom stereocenters. The van der Waals surface area contributed by atoms with E-state index in [0.717, 1.165) is 16.8 Å². The highest BCUT2D eigenvalue weighted by Gasteiger charge is 2.43. The zero-order valence-corrected chi connectivity index (χ0v) is 43.0. The van der Waals surface area contributed by atoms with E-state index in [0.29, 0.717) is 0 Å². The molecule has 0 fully saturated rings. The van der Waals surface area contributed by atoms with E-state index in [-0.39, 0.29) is 0 Å². The number of rotatable bonds is 10. The number of hydrogen-bond donors (Lipinski definition) is 0. The van der Waals surface area contributed by atoms with Gasteiger partial charge in [0.25, 0.3) is 0 Å². The third-order valence-electron chi connectivity index (χ3n) is 15.3. The van der Waals surface area contributed by atoms with Gasteiger partial charge in [-0.2, -0.15) is 0 Å². The predicted octanol–water partition coefficient (Wildman–Crippen LogP) is 16.9. The smallest absolute Gasteiger partial charge is 0.179 e. The van der Waals surface area contributed by atoms with Crippen LogP contribution in [-0.4, -0.2) is 12.6 Å². The van der Waals surface area contributed by atoms with Gasteiger partial charge < -0.3 is 4.57 Å². The van der Waals surface area contributed by atoms with Crippen molar-refractivity contribution in [2.45, 2.75) is 0 Å². The molecule has 75 heavy (non-hydrogen) atoms. The molecule has 0 unspecified atom stereocenters. The van der Waals surface area contributed by atoms with E-state index in [1.54, 1.807) is 0 Å². The fraction of sp³-hybridized carbons (Fsp3) is 0. The summed E-state index contributed by atoms with van der Waals surface area (Å²) in [5, 5.41) is 10.4. The molecule has 0 aliphatic rings. The van der Waals surface area contributed by atoms with Crippen LogP contribution in [0.3, 0.4) is 0 Å². The van der Waals surface area contributed by atoms with Gasteiger partial charge in [0.2, 0.25) is 0 Å². The number of hydrogen-bond acceptors (Lipinski definition) is 1. The van der Waals surface area contributed by atoms with Crippen LogP contribution in [0.4, 0.5) is 0 Å². The van der Waals surface area contributed by atoms with Gasteiger partial charge in [-0.15, -0.1) is 11.3 Å². The zero-order chi connectivity index (χ0) is 49.7. The molecule has 1 nitrogen and oxygen atoms in total. The van der Waals surface area contributed by atoms with Crippen LogP contribution in [0.25, 0.3) is 103 Å². The highest BCUT2D eigenvalue weighted by atomic mass is 32.1. The predicted molar refractivity (Wildman–Crippen MR) is 324 cm³/mol. The second-order valence-electron chi connectivity index (χ2n) is 19.5. The maximum absolute atomic E-state index is 3.26. The van der Waals surface area contributed by atoms with Gasteiger partial charge in [-0.1, -0.05) is 273 Å². The standard InChI is InChI=1S/C72H49NSSi/c1-6-23-50(24-7-1)54-31-20-35-58(45-54)75(57-33-14-5-15-34-57,59-36-21-32-55(46-59)51-25-8-2-9-26-51)60-48-65(52-27-10-3-11-28-52)71(66(49-60)53-29-12-4-13-30-53)73-68-41-18-16-37-62(68)67-47-56(43-44-69(67)73)61-39-22-40-64-63-38-17-19-42-70(63)74-72(61)64/h1-49H. The Kier molecular flexibility index (Phi) is 11.1. The third-order valence-corrected chi connectivity index (χ3v) is 21.3. The van der Waals surface area contributed by atoms with E-state index in [2.05, 4.69) is 302 Å². The Morgan fingerprint density at radius 2 is 0.707 bits per heavy atom. The number of para-hydroxylation sites is 1. The van der Waals surface area contributed by atoms with Gasteiger partial charge in [-0.25, -0.2) is 0 Å². The molecular weight excluding hydrogens is 939 g/mol. The fourth-order valence-corrected chi connectivity index (χ4v) is 18.0. The lowest BCUT2D eigenvalue weighted by atomic mass is 9.95. The van der Waals surface area contributed by atoms with Gasteiger partial charge in [0.15, 0.2) is 8.07 Å². The summed E-state index contributed by atoms with van der Waals surface area (Å²) in [7, 11) is -3.26. The first-order chi connectivity index (χ1) is 37.2. The Hall–Kier alpha value is -9.12. The van der Waals surface area contributed by atoms with Crippen molar-refractivity contribution in [3.8, 4) is 61.3 Å². The van der Waals surface area contributed by atoms with Crippen molar-refractivity contribution >= 4 is 82.1 Å². The molecule has 0 saturated carbocycles. The normalized spacial score (nSPS) is 11.7. The Bertz CT molecular complexity index is 4240. The van der Waals surface area contributed by atoms with Crippen molar-refractivity contribution in [3.63, 3.8) is 0 Å². The quantitative estimate of drug-likeness (QED) is 0.0951. The molecule has 12 aromatic carbocycles. The van der Waals surface area contributed by atoms with E-state index in [4.69, 9.17) is 0 Å². The summed E-state index contributed by atoms with van der Waals surface area (Å²) in [5.41, 5.74) is 15.5. The summed E-state index contributed by atoms with van der Waals surface area (Å²) in [6, 6.07) is 111. The number of thiophene rings is 1. The zero-order valence-electron chi connectivity index (χ0n) is 41.1. The lowest BCUT2D eigenvalue weighted by Crippen LogP contribution is -2.74. The molecule has 2 aromatic heterocycles. The summed E-state index contributed by atoms with van der Waals surface area (Å²) < 4.78 is 5.21. The third kappa shape index (κ3) is 7.59. The molecule has 14 aromatic rings. The maximum atomic E-state index is 2.58. The second kappa shape index (κ2) is 18.7. The summed E-state index contributed by atoms with van der Waals surface area (Å²) in [5.74, 6) is 0. The van der Waals surface area contributed by atoms with Crippen LogP contribution >= 0.6 is 11.3 Å². The Labute approximate surface area is 442 Å². The molecule has 0 amide bonds. The van der Waals surface area contributed by atoms with Crippen molar-refractivity contribution in [1.29, 1.82) is 0 Å². The number of nitrogens with zero attached hydrogens (tertiary/aromatic N) is 1. The summed E-state index contributed by atoms with van der Waals surface area (Å²) in [4.78, 5) is 0. The molecular formula is C72H49NSSi. The lowest BCUT2D eigenvalue weighted by molar-refractivity contribution is 1.18. The van der Waals surface area contributed by atoms with Crippen LogP contribution in [0, 0.1) is 0 Å². The summed E-state index contributed by atoms with van der Waals surface area (Å²) in [6.07, 6.45) is 0. The van der Waals surface area contributed by atoms with Crippen molar-refractivity contribution in [1.82, 2.24) is 4.57 Å². The first-order valence-corrected chi connectivity index (χ1v) is 28.6. The fourth-order valence-electron chi connectivity index (χ4n) is 11.9. The highest BCUT2D eigenvalue weighted by Crippen LogP contribution is 2.45. The maximum Gasteiger partial charge on any atom is 0.179 e. The SMILES string of the molecule is c1ccc(-c2cccc([Si](c3ccccc3)(c3cccc(-c4ccccc4)c3)c3cc(-c4ccccc4)c(-n4c5ccccc5c5cc(-c6cccc7c6sc6ccccc67)ccc54)c(-c4ccccc4)c3)c2)cc1. The molecule has 0 N–H and O–H groups in total. The second-order valence-corrected chi connectivity index (χ2v) is 24.4. The van der Waals surface area contributed by atoms with Crippen LogP contribution in [-0.2, 0) is 0 Å². The summed E-state index contributed by atoms with van der Waals surface area (Å²) >= 11 is 1.89. The van der Waals surface area contributed by atoms with E-state index in [1.165, 1.54) is 107 Å². The van der Waals surface area contributed by atoms with Crippen LogP contribution < -0.4 is 20.7 Å². The highest BCUT2D eigenvalue weighted by molar-refractivity contribution is 7.26. The molecule has 2 heterocycles. The van der Waals surface area contributed by atoms with Gasteiger partial charge in [-0.05, 0) is 89.5 Å². The van der Waals surface area contributed by atoms with Crippen molar-refractivity contribution in [2.75, 3.05) is 0 Å². The molecule has 3 heteroatoms. The van der Waals surface area contributed by atoms with Crippen LogP contribution in [0.2, 0.25) is 0 Å². The Morgan fingerprint density at radius 1 is 0.253 bits per heavy atom. The van der Waals surface area contributed by atoms with Gasteiger partial charge in [-0.3, -0.25) is 0 Å². The van der Waals surface area contributed by atoms with E-state index in [1.807, 2.05) is 11.3 Å².